The number of nitrogen functional groups attached to an aromatic ring is 1. The van der Waals surface area contributed by atoms with Gasteiger partial charge >= 0.3 is 0 Å². The zero-order valence-electron chi connectivity index (χ0n) is 19.5. The number of allylic oxidation sites excluding steroid dienone is 1. The summed E-state index contributed by atoms with van der Waals surface area (Å²) in [6.07, 6.45) is 12.0. The van der Waals surface area contributed by atoms with E-state index < -0.39 is 0 Å². The normalized spacial score (nSPS) is 24.8. The van der Waals surface area contributed by atoms with Crippen LogP contribution in [0, 0.1) is 5.41 Å². The molecule has 6 heteroatoms. The molecule has 1 aliphatic carbocycles. The van der Waals surface area contributed by atoms with Gasteiger partial charge in [-0.1, -0.05) is 6.08 Å². The summed E-state index contributed by atoms with van der Waals surface area (Å²) in [4.78, 5) is 21.5. The average Bonchev–Trinajstić information content (AvgIpc) is 3.11. The Labute approximate surface area is 191 Å². The Hall–Kier alpha value is -2.34. The smallest absolute Gasteiger partial charge is 0.255 e. The Balaban J connectivity index is 1.13. The monoisotopic (exact) mass is 436 g/mol. The van der Waals surface area contributed by atoms with Crippen molar-refractivity contribution in [2.75, 3.05) is 38.5 Å². The SMILES string of the molecule is CC1(C)CC2=C(O1)C(CN1CCC3(CC1)CCN(C(=O)c1ccc(N)nc1)CC3)=CCC2. The number of carbonyl (C=O) groups excluding carboxylic acids is 1. The third-order valence-corrected chi connectivity index (χ3v) is 7.92. The largest absolute Gasteiger partial charge is 0.487 e. The lowest BCUT2D eigenvalue weighted by atomic mass is 9.71. The minimum atomic E-state index is -0.0477. The number of nitrogens with zero attached hydrogens (tertiary/aromatic N) is 3. The molecule has 32 heavy (non-hydrogen) atoms. The first-order valence-corrected chi connectivity index (χ1v) is 12.2. The highest BCUT2D eigenvalue weighted by molar-refractivity contribution is 5.94. The summed E-state index contributed by atoms with van der Waals surface area (Å²) < 4.78 is 6.33. The third-order valence-electron chi connectivity index (χ3n) is 7.92. The summed E-state index contributed by atoms with van der Waals surface area (Å²) in [5.41, 5.74) is 9.56. The molecular weight excluding hydrogens is 400 g/mol. The van der Waals surface area contributed by atoms with Gasteiger partial charge in [-0.15, -0.1) is 0 Å². The van der Waals surface area contributed by atoms with Gasteiger partial charge in [-0.3, -0.25) is 9.69 Å². The molecule has 4 heterocycles. The van der Waals surface area contributed by atoms with Gasteiger partial charge in [0.25, 0.3) is 5.91 Å². The molecule has 172 valence electrons. The highest BCUT2D eigenvalue weighted by atomic mass is 16.5. The molecule has 2 saturated heterocycles. The minimum Gasteiger partial charge on any atom is -0.487 e. The first-order valence-electron chi connectivity index (χ1n) is 12.2. The van der Waals surface area contributed by atoms with Crippen molar-refractivity contribution < 1.29 is 9.53 Å². The summed E-state index contributed by atoms with van der Waals surface area (Å²) in [6, 6.07) is 3.48. The van der Waals surface area contributed by atoms with Gasteiger partial charge < -0.3 is 15.4 Å². The summed E-state index contributed by atoms with van der Waals surface area (Å²) in [5.74, 6) is 1.73. The Bertz CT molecular complexity index is 929. The van der Waals surface area contributed by atoms with Crippen LogP contribution in [0.2, 0.25) is 0 Å². The van der Waals surface area contributed by atoms with E-state index in [2.05, 4.69) is 29.8 Å². The Morgan fingerprint density at radius 1 is 1.12 bits per heavy atom. The van der Waals surface area contributed by atoms with Crippen molar-refractivity contribution in [3.05, 3.63) is 46.9 Å². The van der Waals surface area contributed by atoms with Crippen LogP contribution >= 0.6 is 0 Å². The molecular formula is C26H36N4O2. The molecule has 2 N–H and O–H groups in total. The van der Waals surface area contributed by atoms with E-state index in [0.29, 0.717) is 16.8 Å². The van der Waals surface area contributed by atoms with Crippen molar-refractivity contribution in [3.8, 4) is 0 Å². The van der Waals surface area contributed by atoms with E-state index in [9.17, 15) is 4.79 Å². The molecule has 6 nitrogen and oxygen atoms in total. The lowest BCUT2D eigenvalue weighted by Crippen LogP contribution is -2.48. The molecule has 2 fully saturated rings. The maximum atomic E-state index is 12.8. The van der Waals surface area contributed by atoms with Crippen molar-refractivity contribution in [1.29, 1.82) is 0 Å². The molecule has 3 aliphatic heterocycles. The van der Waals surface area contributed by atoms with Gasteiger partial charge in [0.1, 0.15) is 17.2 Å². The van der Waals surface area contributed by atoms with Gasteiger partial charge in [0.2, 0.25) is 0 Å². The number of rotatable bonds is 3. The Kier molecular flexibility index (Phi) is 5.52. The number of nitrogens with two attached hydrogens (primary N) is 1. The Morgan fingerprint density at radius 3 is 2.53 bits per heavy atom. The summed E-state index contributed by atoms with van der Waals surface area (Å²) in [6.45, 7) is 9.38. The minimum absolute atomic E-state index is 0.0477. The van der Waals surface area contributed by atoms with Gasteiger partial charge in [-0.05, 0) is 88.6 Å². The standard InChI is InChI=1S/C26H36N4O2/c1-25(2)16-19-4-3-5-21(23(19)32-25)18-29-12-8-26(9-13-29)10-14-30(15-11-26)24(31)20-6-7-22(27)28-17-20/h5-7,17H,3-4,8-16,18H2,1-2H3,(H2,27,28). The van der Waals surface area contributed by atoms with Crippen molar-refractivity contribution >= 4 is 11.7 Å². The summed E-state index contributed by atoms with van der Waals surface area (Å²) in [7, 11) is 0. The van der Waals surface area contributed by atoms with Crippen LogP contribution in [0.15, 0.2) is 41.3 Å². The Morgan fingerprint density at radius 2 is 1.84 bits per heavy atom. The van der Waals surface area contributed by atoms with Gasteiger partial charge in [-0.2, -0.15) is 0 Å². The number of pyridine rings is 1. The zero-order valence-corrected chi connectivity index (χ0v) is 19.5. The fourth-order valence-electron chi connectivity index (χ4n) is 5.95. The first kappa shape index (κ1) is 21.5. The summed E-state index contributed by atoms with van der Waals surface area (Å²) >= 11 is 0. The molecule has 1 spiro atoms. The third kappa shape index (κ3) is 4.29. The van der Waals surface area contributed by atoms with Crippen molar-refractivity contribution in [1.82, 2.24) is 14.8 Å². The topological polar surface area (TPSA) is 71.7 Å². The number of carbonyl (C=O) groups is 1. The number of hydrogen-bond acceptors (Lipinski definition) is 5. The molecule has 4 aliphatic rings. The van der Waals surface area contributed by atoms with Crippen LogP contribution in [-0.2, 0) is 4.74 Å². The van der Waals surface area contributed by atoms with Crippen LogP contribution in [0.5, 0.6) is 0 Å². The number of anilines is 1. The van der Waals surface area contributed by atoms with E-state index in [1.165, 1.54) is 29.7 Å². The van der Waals surface area contributed by atoms with E-state index in [0.717, 1.165) is 64.8 Å². The van der Waals surface area contributed by atoms with Crippen LogP contribution in [0.4, 0.5) is 5.82 Å². The van der Waals surface area contributed by atoms with Crippen molar-refractivity contribution in [2.45, 2.75) is 64.4 Å². The molecule has 0 saturated carbocycles. The van der Waals surface area contributed by atoms with Crippen LogP contribution in [0.25, 0.3) is 0 Å². The number of piperidine rings is 2. The number of hydrogen-bond donors (Lipinski definition) is 1. The van der Waals surface area contributed by atoms with Crippen LogP contribution in [-0.4, -0.2) is 59.0 Å². The van der Waals surface area contributed by atoms with E-state index in [1.807, 2.05) is 4.90 Å². The molecule has 0 unspecified atom stereocenters. The maximum Gasteiger partial charge on any atom is 0.255 e. The first-order chi connectivity index (χ1) is 15.3. The van der Waals surface area contributed by atoms with Crippen molar-refractivity contribution in [2.24, 2.45) is 5.41 Å². The highest BCUT2D eigenvalue weighted by Crippen LogP contribution is 2.44. The maximum absolute atomic E-state index is 12.8. The molecule has 1 aromatic heterocycles. The fraction of sp³-hybridized carbons (Fsp3) is 0.615. The number of amides is 1. The lowest BCUT2D eigenvalue weighted by molar-refractivity contribution is 0.0308. The quantitative estimate of drug-likeness (QED) is 0.771. The lowest BCUT2D eigenvalue weighted by Gasteiger charge is -2.47. The van der Waals surface area contributed by atoms with Crippen molar-refractivity contribution in [3.63, 3.8) is 0 Å². The van der Waals surface area contributed by atoms with E-state index in [4.69, 9.17) is 10.5 Å². The second kappa shape index (κ2) is 8.22. The number of aromatic nitrogens is 1. The molecule has 0 aromatic carbocycles. The van der Waals surface area contributed by atoms with Gasteiger partial charge in [0.15, 0.2) is 0 Å². The molecule has 1 amide bonds. The molecule has 0 atom stereocenters. The number of ether oxygens (including phenoxy) is 1. The number of likely N-dealkylation sites (tertiary alicyclic amines) is 2. The van der Waals surface area contributed by atoms with Gasteiger partial charge in [0.05, 0.1) is 5.56 Å². The molecule has 1 aromatic rings. The van der Waals surface area contributed by atoms with Gasteiger partial charge in [0, 0.05) is 37.8 Å². The van der Waals surface area contributed by atoms with Crippen LogP contribution < -0.4 is 5.73 Å². The average molecular weight is 437 g/mol. The predicted octanol–water partition coefficient (Wildman–Crippen LogP) is 4.16. The van der Waals surface area contributed by atoms with E-state index in [-0.39, 0.29) is 11.5 Å². The molecule has 0 bridgehead atoms. The van der Waals surface area contributed by atoms with Crippen LogP contribution in [0.3, 0.4) is 0 Å². The van der Waals surface area contributed by atoms with Crippen LogP contribution in [0.1, 0.15) is 69.2 Å². The molecule has 0 radical (unpaired) electrons. The zero-order chi connectivity index (χ0) is 22.3. The highest BCUT2D eigenvalue weighted by Gasteiger charge is 2.40. The van der Waals surface area contributed by atoms with E-state index in [1.54, 1.807) is 18.3 Å². The van der Waals surface area contributed by atoms with Gasteiger partial charge in [-0.25, -0.2) is 4.98 Å². The predicted molar refractivity (Wildman–Crippen MR) is 126 cm³/mol. The second-order valence-corrected chi connectivity index (χ2v) is 10.8. The summed E-state index contributed by atoms with van der Waals surface area (Å²) in [5, 5.41) is 0. The second-order valence-electron chi connectivity index (χ2n) is 10.8. The van der Waals surface area contributed by atoms with E-state index >= 15 is 0 Å². The fourth-order valence-corrected chi connectivity index (χ4v) is 5.95. The molecule has 5 rings (SSSR count).